The molecule has 1 aromatic carbocycles. The summed E-state index contributed by atoms with van der Waals surface area (Å²) in [5.74, 6) is 2.34. The molecule has 1 unspecified atom stereocenters. The molecule has 1 N–H and O–H groups in total. The second kappa shape index (κ2) is 11.3. The minimum absolute atomic E-state index is 0.0915. The highest BCUT2D eigenvalue weighted by Gasteiger charge is 2.25. The van der Waals surface area contributed by atoms with Gasteiger partial charge in [0.2, 0.25) is 11.8 Å². The fourth-order valence-corrected chi connectivity index (χ4v) is 4.02. The van der Waals surface area contributed by atoms with E-state index in [4.69, 9.17) is 9.47 Å². The Bertz CT molecular complexity index is 1180. The van der Waals surface area contributed by atoms with Gasteiger partial charge in [0.15, 0.2) is 0 Å². The van der Waals surface area contributed by atoms with Crippen molar-refractivity contribution >= 4 is 17.3 Å². The van der Waals surface area contributed by atoms with Gasteiger partial charge in [0, 0.05) is 19.2 Å². The van der Waals surface area contributed by atoms with E-state index in [0.717, 1.165) is 42.2 Å². The van der Waals surface area contributed by atoms with Crippen molar-refractivity contribution in [2.24, 2.45) is 5.92 Å². The summed E-state index contributed by atoms with van der Waals surface area (Å²) in [5.41, 5.74) is 2.93. The lowest BCUT2D eigenvalue weighted by atomic mass is 10.0. The molecule has 36 heavy (non-hydrogen) atoms. The summed E-state index contributed by atoms with van der Waals surface area (Å²) >= 11 is 0. The van der Waals surface area contributed by atoms with Gasteiger partial charge in [-0.05, 0) is 61.4 Å². The normalized spacial score (nSPS) is 16.6. The second-order valence-corrected chi connectivity index (χ2v) is 9.32. The van der Waals surface area contributed by atoms with E-state index in [9.17, 15) is 4.79 Å². The van der Waals surface area contributed by atoms with Crippen molar-refractivity contribution in [2.75, 3.05) is 25.0 Å². The van der Waals surface area contributed by atoms with E-state index in [2.05, 4.69) is 31.5 Å². The van der Waals surface area contributed by atoms with Gasteiger partial charge in [0.05, 0.1) is 24.5 Å². The summed E-state index contributed by atoms with van der Waals surface area (Å²) in [4.78, 5) is 19.4. The number of amides is 1. The monoisotopic (exact) mass is 485 g/mol. The van der Waals surface area contributed by atoms with Crippen LogP contribution in [0.2, 0.25) is 0 Å². The van der Waals surface area contributed by atoms with Crippen molar-refractivity contribution in [2.45, 2.75) is 38.8 Å². The minimum atomic E-state index is -0.317. The molecule has 2 aliphatic rings. The number of nitrogens with zero attached hydrogens (tertiary/aromatic N) is 4. The molecular weight excluding hydrogens is 454 g/mol. The molecule has 5 rings (SSSR count). The van der Waals surface area contributed by atoms with Crippen LogP contribution in [0.4, 0.5) is 5.82 Å². The molecule has 3 heterocycles. The number of aromatic nitrogens is 3. The Morgan fingerprint density at radius 3 is 2.67 bits per heavy atom. The molecule has 1 amide bonds. The van der Waals surface area contributed by atoms with E-state index in [1.807, 2.05) is 55.5 Å². The second-order valence-electron chi connectivity index (χ2n) is 9.32. The maximum atomic E-state index is 12.9. The maximum absolute atomic E-state index is 12.9. The van der Waals surface area contributed by atoms with Crippen LogP contribution in [0.15, 0.2) is 66.9 Å². The highest BCUT2D eigenvalue weighted by Crippen LogP contribution is 2.29. The van der Waals surface area contributed by atoms with Gasteiger partial charge >= 0.3 is 0 Å². The van der Waals surface area contributed by atoms with E-state index in [1.165, 1.54) is 12.8 Å². The molecule has 2 aromatic heterocycles. The zero-order chi connectivity index (χ0) is 24.7. The molecule has 186 valence electrons. The van der Waals surface area contributed by atoms with Crippen LogP contribution in [-0.2, 0) is 11.4 Å². The Hall–Kier alpha value is -3.78. The smallest absolute Gasteiger partial charge is 0.242 e. The molecule has 1 aliphatic heterocycles. The highest BCUT2D eigenvalue weighted by atomic mass is 16.5. The number of hydrogen-bond acceptors (Lipinski definition) is 7. The Morgan fingerprint density at radius 1 is 1.08 bits per heavy atom. The number of carbonyl (C=O) groups excluding carboxylic acids is 1. The average Bonchev–Trinajstić information content (AvgIpc) is 3.77. The summed E-state index contributed by atoms with van der Waals surface area (Å²) in [6.45, 7) is 4.52. The molecule has 0 saturated heterocycles. The van der Waals surface area contributed by atoms with Gasteiger partial charge in [-0.25, -0.2) is 4.98 Å². The number of benzene rings is 1. The SMILES string of the molecule is CC(C(=O)Nc1ccc(OCC2CC2)cn1)N1CCC=C(c2ccc(OCc3ccccc3)nn2)C1. The first-order valence-corrected chi connectivity index (χ1v) is 12.5. The summed E-state index contributed by atoms with van der Waals surface area (Å²) in [6, 6.07) is 17.0. The van der Waals surface area contributed by atoms with Crippen molar-refractivity contribution in [1.29, 1.82) is 0 Å². The van der Waals surface area contributed by atoms with Gasteiger partial charge in [0.25, 0.3) is 0 Å². The van der Waals surface area contributed by atoms with Crippen molar-refractivity contribution in [3.63, 3.8) is 0 Å². The van der Waals surface area contributed by atoms with Crippen LogP contribution < -0.4 is 14.8 Å². The molecule has 0 bridgehead atoms. The number of carbonyl (C=O) groups is 1. The van der Waals surface area contributed by atoms with Crippen LogP contribution in [0.25, 0.3) is 5.57 Å². The third-order valence-corrected chi connectivity index (χ3v) is 6.48. The zero-order valence-electron chi connectivity index (χ0n) is 20.5. The van der Waals surface area contributed by atoms with Gasteiger partial charge in [-0.2, -0.15) is 0 Å². The van der Waals surface area contributed by atoms with Gasteiger partial charge < -0.3 is 14.8 Å². The summed E-state index contributed by atoms with van der Waals surface area (Å²) in [5, 5.41) is 11.5. The summed E-state index contributed by atoms with van der Waals surface area (Å²) in [6.07, 6.45) is 7.15. The average molecular weight is 486 g/mol. The van der Waals surface area contributed by atoms with E-state index in [0.29, 0.717) is 30.8 Å². The van der Waals surface area contributed by atoms with Gasteiger partial charge in [0.1, 0.15) is 18.2 Å². The molecule has 0 radical (unpaired) electrons. The van der Waals surface area contributed by atoms with E-state index >= 15 is 0 Å². The minimum Gasteiger partial charge on any atom is -0.492 e. The van der Waals surface area contributed by atoms with Crippen LogP contribution in [-0.4, -0.2) is 51.7 Å². The van der Waals surface area contributed by atoms with Gasteiger partial charge in [-0.3, -0.25) is 9.69 Å². The molecule has 8 heteroatoms. The van der Waals surface area contributed by atoms with E-state index in [1.54, 1.807) is 12.3 Å². The summed E-state index contributed by atoms with van der Waals surface area (Å²) < 4.78 is 11.5. The Kier molecular flexibility index (Phi) is 7.52. The Balaban J connectivity index is 1.12. The van der Waals surface area contributed by atoms with Crippen molar-refractivity contribution in [3.8, 4) is 11.6 Å². The first-order chi connectivity index (χ1) is 17.6. The maximum Gasteiger partial charge on any atom is 0.242 e. The number of ether oxygens (including phenoxy) is 2. The Morgan fingerprint density at radius 2 is 1.94 bits per heavy atom. The van der Waals surface area contributed by atoms with Crippen LogP contribution in [0.1, 0.15) is 37.4 Å². The van der Waals surface area contributed by atoms with Crippen LogP contribution >= 0.6 is 0 Å². The van der Waals surface area contributed by atoms with E-state index < -0.39 is 0 Å². The van der Waals surface area contributed by atoms with Gasteiger partial charge in [-0.15, -0.1) is 10.2 Å². The van der Waals surface area contributed by atoms with Crippen LogP contribution in [0, 0.1) is 5.92 Å². The predicted molar refractivity (Wildman–Crippen MR) is 138 cm³/mol. The first kappa shape index (κ1) is 23.9. The molecule has 1 aliphatic carbocycles. The number of hydrogen-bond donors (Lipinski definition) is 1. The number of pyridine rings is 1. The largest absolute Gasteiger partial charge is 0.492 e. The van der Waals surface area contributed by atoms with E-state index in [-0.39, 0.29) is 11.9 Å². The summed E-state index contributed by atoms with van der Waals surface area (Å²) in [7, 11) is 0. The number of anilines is 1. The lowest BCUT2D eigenvalue weighted by Crippen LogP contribution is -2.44. The number of rotatable bonds is 10. The zero-order valence-corrected chi connectivity index (χ0v) is 20.5. The standard InChI is InChI=1S/C28H31N5O3/c1-20(28(34)30-26-13-11-24(16-29-26)35-18-22-9-10-22)33-15-5-8-23(17-33)25-12-14-27(32-31-25)36-19-21-6-3-2-4-7-21/h2-4,6-8,11-14,16,20,22H,5,9-10,15,17-19H2,1H3,(H,29,30,34). The highest BCUT2D eigenvalue weighted by molar-refractivity contribution is 5.94. The first-order valence-electron chi connectivity index (χ1n) is 12.5. The molecular formula is C28H31N5O3. The molecule has 3 aromatic rings. The fraction of sp³-hybridized carbons (Fsp3) is 0.357. The molecule has 1 saturated carbocycles. The molecule has 1 atom stereocenters. The van der Waals surface area contributed by atoms with Crippen molar-refractivity contribution in [1.82, 2.24) is 20.1 Å². The lowest BCUT2D eigenvalue weighted by molar-refractivity contribution is -0.120. The third-order valence-electron chi connectivity index (χ3n) is 6.48. The Labute approximate surface area is 211 Å². The lowest BCUT2D eigenvalue weighted by Gasteiger charge is -2.31. The van der Waals surface area contributed by atoms with Gasteiger partial charge in [-0.1, -0.05) is 36.4 Å². The molecule has 8 nitrogen and oxygen atoms in total. The number of nitrogens with one attached hydrogen (secondary N) is 1. The topological polar surface area (TPSA) is 89.5 Å². The van der Waals surface area contributed by atoms with Crippen LogP contribution in [0.3, 0.4) is 0 Å². The van der Waals surface area contributed by atoms with Crippen molar-refractivity contribution in [3.05, 3.63) is 78.1 Å². The van der Waals surface area contributed by atoms with Crippen LogP contribution in [0.5, 0.6) is 11.6 Å². The predicted octanol–water partition coefficient (Wildman–Crippen LogP) is 4.36. The third kappa shape index (κ3) is 6.46. The fourth-order valence-electron chi connectivity index (χ4n) is 4.02. The quantitative estimate of drug-likeness (QED) is 0.456. The molecule has 0 spiro atoms. The molecule has 1 fully saturated rings. The van der Waals surface area contributed by atoms with Crippen molar-refractivity contribution < 1.29 is 14.3 Å².